The Bertz CT molecular complexity index is 1740. The van der Waals surface area contributed by atoms with Crippen LogP contribution >= 0.6 is 0 Å². The summed E-state index contributed by atoms with van der Waals surface area (Å²) < 4.78 is 10.1. The van der Waals surface area contributed by atoms with Crippen LogP contribution in [0.1, 0.15) is 88.3 Å². The van der Waals surface area contributed by atoms with Gasteiger partial charge in [0.15, 0.2) is 5.82 Å². The fourth-order valence-electron chi connectivity index (χ4n) is 6.93. The van der Waals surface area contributed by atoms with Crippen molar-refractivity contribution in [2.24, 2.45) is 18.4 Å². The topological polar surface area (TPSA) is 115 Å². The highest BCUT2D eigenvalue weighted by Crippen LogP contribution is 2.35. The van der Waals surface area contributed by atoms with Crippen LogP contribution in [0.5, 0.6) is 5.75 Å². The van der Waals surface area contributed by atoms with E-state index in [2.05, 4.69) is 44.1 Å². The molecule has 45 heavy (non-hydrogen) atoms. The first-order valence-corrected chi connectivity index (χ1v) is 16.4. The highest BCUT2D eigenvalue weighted by atomic mass is 16.5. The smallest absolute Gasteiger partial charge is 0.251 e. The quantitative estimate of drug-likeness (QED) is 0.280. The van der Waals surface area contributed by atoms with Crippen LogP contribution in [-0.4, -0.2) is 57.2 Å². The van der Waals surface area contributed by atoms with Crippen molar-refractivity contribution < 1.29 is 14.3 Å². The third-order valence-corrected chi connectivity index (χ3v) is 9.66. The van der Waals surface area contributed by atoms with Crippen molar-refractivity contribution >= 4 is 33.9 Å². The zero-order chi connectivity index (χ0) is 31.9. The van der Waals surface area contributed by atoms with Crippen molar-refractivity contribution in [2.45, 2.75) is 84.8 Å². The number of fused-ring (bicyclic) bond motifs is 2. The number of carbonyl (C=O) groups is 2. The zero-order valence-electron chi connectivity index (χ0n) is 27.5. The molecule has 2 aliphatic rings. The number of nitrogens with one attached hydrogen (secondary N) is 3. The molecule has 3 N–H and O–H groups in total. The Kier molecular flexibility index (Phi) is 8.61. The fourth-order valence-corrected chi connectivity index (χ4v) is 6.93. The average Bonchev–Trinajstić information content (AvgIpc) is 3.54. The molecule has 3 atom stereocenters. The molecule has 10 heteroatoms. The number of aromatic nitrogens is 4. The van der Waals surface area contributed by atoms with Crippen LogP contribution in [0.15, 0.2) is 30.3 Å². The van der Waals surface area contributed by atoms with Gasteiger partial charge < -0.3 is 29.8 Å². The normalized spacial score (nSPS) is 22.7. The molecule has 0 saturated carbocycles. The minimum Gasteiger partial charge on any atom is -0.494 e. The van der Waals surface area contributed by atoms with E-state index < -0.39 is 5.41 Å². The van der Waals surface area contributed by atoms with E-state index >= 15 is 0 Å². The molecule has 2 bridgehead atoms. The van der Waals surface area contributed by atoms with Crippen molar-refractivity contribution in [3.63, 3.8) is 0 Å². The molecule has 0 aliphatic carbocycles. The van der Waals surface area contributed by atoms with Crippen molar-refractivity contribution in [2.75, 3.05) is 20.2 Å². The first-order valence-electron chi connectivity index (χ1n) is 16.4. The van der Waals surface area contributed by atoms with Crippen LogP contribution in [0.2, 0.25) is 0 Å². The van der Waals surface area contributed by atoms with E-state index in [1.807, 2.05) is 46.0 Å². The van der Waals surface area contributed by atoms with Crippen LogP contribution in [0, 0.1) is 11.3 Å². The maximum Gasteiger partial charge on any atom is 0.251 e. The van der Waals surface area contributed by atoms with Gasteiger partial charge in [-0.1, -0.05) is 40.0 Å². The van der Waals surface area contributed by atoms with Crippen LogP contribution in [-0.2, 0) is 18.4 Å². The molecular formula is C35H47N7O3. The summed E-state index contributed by atoms with van der Waals surface area (Å²) in [6, 6.07) is 9.79. The molecule has 1 saturated heterocycles. The van der Waals surface area contributed by atoms with Gasteiger partial charge in [0.25, 0.3) is 5.91 Å². The van der Waals surface area contributed by atoms with Gasteiger partial charge in [0.1, 0.15) is 16.9 Å². The van der Waals surface area contributed by atoms with Gasteiger partial charge >= 0.3 is 0 Å². The van der Waals surface area contributed by atoms with E-state index in [0.717, 1.165) is 91.9 Å². The monoisotopic (exact) mass is 613 g/mol. The van der Waals surface area contributed by atoms with Crippen molar-refractivity contribution in [1.29, 1.82) is 0 Å². The number of carbonyl (C=O) groups excluding carboxylic acids is 2. The molecule has 1 aromatic carbocycles. The number of hydrogen-bond donors (Lipinski definition) is 3. The Morgan fingerprint density at radius 2 is 1.87 bits per heavy atom. The summed E-state index contributed by atoms with van der Waals surface area (Å²) in [6.07, 6.45) is 5.96. The summed E-state index contributed by atoms with van der Waals surface area (Å²) in [5, 5.41) is 10.8. The molecule has 6 rings (SSSR count). The molecule has 0 spiro atoms. The zero-order valence-corrected chi connectivity index (χ0v) is 27.5. The van der Waals surface area contributed by atoms with E-state index in [9.17, 15) is 9.59 Å². The Labute approximate surface area is 265 Å². The number of nitrogens with zero attached hydrogens (tertiary/aromatic N) is 4. The van der Waals surface area contributed by atoms with Crippen LogP contribution in [0.4, 0.5) is 0 Å². The maximum absolute atomic E-state index is 13.4. The van der Waals surface area contributed by atoms with Crippen molar-refractivity contribution in [3.8, 4) is 17.3 Å². The standard InChI is InChI=1S/C35H47N7O3/c1-21-15-25(20-36-19-21)38-33(43)24-16-27-30(29(18-24)45-6)41(5)32(40-27)28-17-23-11-12-26-22(2)37-34(44)35(3,4)13-9-7-8-10-14-42(28)31(23)39-26/h11-12,16-18,21-22,25,36H,7-10,13-15,19-20H2,1-6H3,(H,37,44)(H,38,43)/t21-,22-,25-/m1/s1. The molecular weight excluding hydrogens is 566 g/mol. The molecule has 4 aromatic rings. The summed E-state index contributed by atoms with van der Waals surface area (Å²) in [6.45, 7) is 10.8. The average molecular weight is 614 g/mol. The third-order valence-electron chi connectivity index (χ3n) is 9.66. The SMILES string of the molecule is COc1cc(C(=O)N[C@H]2CNC[C@H](C)C2)cc2nc(-c3cc4ccc5nc4n3CCCCCCC(C)(C)C(=O)N[C@@H]5C)n(C)c12. The number of rotatable bonds is 4. The molecule has 1 fully saturated rings. The number of ether oxygens (including phenoxy) is 1. The molecule has 3 aromatic heterocycles. The number of hydrogen-bond acceptors (Lipinski definition) is 6. The predicted molar refractivity (Wildman–Crippen MR) is 177 cm³/mol. The Balaban J connectivity index is 1.40. The number of pyridine rings is 1. The van der Waals surface area contributed by atoms with Crippen molar-refractivity contribution in [1.82, 2.24) is 35.1 Å². The van der Waals surface area contributed by atoms with Gasteiger partial charge in [0, 0.05) is 42.5 Å². The number of imidazole rings is 1. The molecule has 10 nitrogen and oxygen atoms in total. The Morgan fingerprint density at radius 3 is 2.64 bits per heavy atom. The number of piperidine rings is 1. The van der Waals surface area contributed by atoms with E-state index in [1.54, 1.807) is 7.11 Å². The van der Waals surface area contributed by atoms with Gasteiger partial charge in [-0.2, -0.15) is 0 Å². The second-order valence-electron chi connectivity index (χ2n) is 13.8. The molecule has 2 aliphatic heterocycles. The Hall–Kier alpha value is -3.92. The first-order chi connectivity index (χ1) is 21.6. The van der Waals surface area contributed by atoms with Gasteiger partial charge in [-0.3, -0.25) is 9.59 Å². The van der Waals surface area contributed by atoms with E-state index in [4.69, 9.17) is 14.7 Å². The summed E-state index contributed by atoms with van der Waals surface area (Å²) >= 11 is 0. The minimum atomic E-state index is -0.413. The third kappa shape index (κ3) is 6.17. The van der Waals surface area contributed by atoms with Gasteiger partial charge in [0.05, 0.1) is 30.1 Å². The highest BCUT2D eigenvalue weighted by molar-refractivity contribution is 6.00. The van der Waals surface area contributed by atoms with E-state index in [-0.39, 0.29) is 23.9 Å². The second-order valence-corrected chi connectivity index (χ2v) is 13.8. The molecule has 0 unspecified atom stereocenters. The van der Waals surface area contributed by atoms with Gasteiger partial charge in [0.2, 0.25) is 5.91 Å². The van der Waals surface area contributed by atoms with Crippen LogP contribution in [0.3, 0.4) is 0 Å². The van der Waals surface area contributed by atoms with Gasteiger partial charge in [-0.15, -0.1) is 0 Å². The van der Waals surface area contributed by atoms with E-state index in [1.165, 1.54) is 0 Å². The summed E-state index contributed by atoms with van der Waals surface area (Å²) in [5.74, 6) is 1.86. The first kappa shape index (κ1) is 31.1. The Morgan fingerprint density at radius 1 is 1.07 bits per heavy atom. The minimum absolute atomic E-state index is 0.0664. The lowest BCUT2D eigenvalue weighted by atomic mass is 9.85. The lowest BCUT2D eigenvalue weighted by Gasteiger charge is -2.28. The van der Waals surface area contributed by atoms with Crippen LogP contribution in [0.25, 0.3) is 33.6 Å². The highest BCUT2D eigenvalue weighted by Gasteiger charge is 2.29. The number of methoxy groups -OCH3 is 1. The molecule has 5 heterocycles. The molecule has 0 radical (unpaired) electrons. The van der Waals surface area contributed by atoms with Gasteiger partial charge in [-0.25, -0.2) is 9.97 Å². The number of aryl methyl sites for hydroxylation is 2. The largest absolute Gasteiger partial charge is 0.494 e. The summed E-state index contributed by atoms with van der Waals surface area (Å²) in [5.41, 5.74) is 4.35. The second kappa shape index (κ2) is 12.5. The maximum atomic E-state index is 13.4. The summed E-state index contributed by atoms with van der Waals surface area (Å²) in [4.78, 5) is 36.7. The predicted octanol–water partition coefficient (Wildman–Crippen LogP) is 5.49. The number of benzene rings is 1. The number of amides is 2. The van der Waals surface area contributed by atoms with Crippen LogP contribution < -0.4 is 20.7 Å². The molecule has 2 amide bonds. The van der Waals surface area contributed by atoms with E-state index in [0.29, 0.717) is 22.7 Å². The fraction of sp³-hybridized carbons (Fsp3) is 0.543. The molecule has 240 valence electrons. The van der Waals surface area contributed by atoms with Gasteiger partial charge in [-0.05, 0) is 69.0 Å². The lowest BCUT2D eigenvalue weighted by molar-refractivity contribution is -0.130. The van der Waals surface area contributed by atoms with Crippen molar-refractivity contribution in [3.05, 3.63) is 41.6 Å². The lowest BCUT2D eigenvalue weighted by Crippen LogP contribution is -2.48. The summed E-state index contributed by atoms with van der Waals surface area (Å²) in [7, 11) is 3.63.